The highest BCUT2D eigenvalue weighted by Gasteiger charge is 2.18. The fraction of sp³-hybridized carbons (Fsp3) is 0.111. The van der Waals surface area contributed by atoms with Crippen molar-refractivity contribution in [1.29, 1.82) is 0 Å². The Morgan fingerprint density at radius 3 is 2.08 bits per heavy atom. The smallest absolute Gasteiger partial charge is 0.290 e. The minimum Gasteiger partial charge on any atom is -0.332 e. The van der Waals surface area contributed by atoms with E-state index >= 15 is 0 Å². The Balaban J connectivity index is 1.95. The summed E-state index contributed by atoms with van der Waals surface area (Å²) in [7, 11) is 3.58. The van der Waals surface area contributed by atoms with Gasteiger partial charge in [-0.3, -0.25) is 14.2 Å². The van der Waals surface area contributed by atoms with Gasteiger partial charge in [-0.1, -0.05) is 48.5 Å². The Bertz CT molecular complexity index is 913. The third-order valence-electron chi connectivity index (χ3n) is 3.84. The maximum atomic E-state index is 12.6. The van der Waals surface area contributed by atoms with Gasteiger partial charge in [0, 0.05) is 25.3 Å². The molecule has 0 saturated heterocycles. The second-order valence-corrected chi connectivity index (χ2v) is 5.80. The van der Waals surface area contributed by atoms with Gasteiger partial charge in [-0.2, -0.15) is 0 Å². The molecule has 1 heterocycles. The zero-order valence-corrected chi connectivity index (χ0v) is 14.3. The van der Waals surface area contributed by atoms with Gasteiger partial charge < -0.3 is 10.6 Å². The summed E-state index contributed by atoms with van der Waals surface area (Å²) in [5.41, 5.74) is 2.93. The number of rotatable bonds is 3. The molecule has 6 heteroatoms. The van der Waals surface area contributed by atoms with Crippen molar-refractivity contribution < 1.29 is 0 Å². The number of para-hydroxylation sites is 1. The molecule has 122 valence electrons. The first-order chi connectivity index (χ1) is 11.6. The summed E-state index contributed by atoms with van der Waals surface area (Å²) in [5, 5.41) is 6.52. The molecule has 3 rings (SSSR count). The molecular weight excluding hydrogens is 320 g/mol. The third kappa shape index (κ3) is 3.09. The van der Waals surface area contributed by atoms with Gasteiger partial charge in [0.2, 0.25) is 0 Å². The fourth-order valence-electron chi connectivity index (χ4n) is 2.55. The Morgan fingerprint density at radius 1 is 0.875 bits per heavy atom. The van der Waals surface area contributed by atoms with Crippen molar-refractivity contribution in [3.8, 4) is 11.3 Å². The van der Waals surface area contributed by atoms with E-state index in [-0.39, 0.29) is 5.56 Å². The summed E-state index contributed by atoms with van der Waals surface area (Å²) in [5.74, 6) is 0. The van der Waals surface area contributed by atoms with Crippen LogP contribution in [0.5, 0.6) is 0 Å². The maximum absolute atomic E-state index is 12.6. The van der Waals surface area contributed by atoms with E-state index in [9.17, 15) is 4.79 Å². The Hall–Kier alpha value is -2.86. The Morgan fingerprint density at radius 2 is 1.46 bits per heavy atom. The summed E-state index contributed by atoms with van der Waals surface area (Å²) in [4.78, 5) is 12.6. The lowest BCUT2D eigenvalue weighted by Crippen LogP contribution is -2.24. The minimum atomic E-state index is -0.131. The van der Waals surface area contributed by atoms with Crippen LogP contribution in [0.4, 0.5) is 11.4 Å². The second kappa shape index (κ2) is 6.72. The van der Waals surface area contributed by atoms with Crippen molar-refractivity contribution in [2.24, 2.45) is 14.1 Å². The molecule has 0 bridgehead atoms. The first-order valence-electron chi connectivity index (χ1n) is 7.52. The first kappa shape index (κ1) is 16.0. The van der Waals surface area contributed by atoms with E-state index in [1.807, 2.05) is 72.4 Å². The highest BCUT2D eigenvalue weighted by molar-refractivity contribution is 7.80. The number of nitrogens with one attached hydrogen (secondary N) is 2. The van der Waals surface area contributed by atoms with E-state index in [2.05, 4.69) is 10.6 Å². The molecule has 0 saturated carbocycles. The molecule has 0 unspecified atom stereocenters. The molecule has 5 nitrogen and oxygen atoms in total. The number of benzene rings is 2. The summed E-state index contributed by atoms with van der Waals surface area (Å²) >= 11 is 5.36. The van der Waals surface area contributed by atoms with Crippen LogP contribution < -0.4 is 16.2 Å². The summed E-state index contributed by atoms with van der Waals surface area (Å²) in [6.07, 6.45) is 0. The molecule has 0 radical (unpaired) electrons. The van der Waals surface area contributed by atoms with Crippen LogP contribution in [-0.2, 0) is 14.1 Å². The standard InChI is InChI=1S/C18H18N4OS/c1-21-16(13-9-5-3-6-10-13)15(17(23)22(21)2)20-18(24)19-14-11-7-4-8-12-14/h3-12H,1-2H3,(H2,19,20,24). The van der Waals surface area contributed by atoms with Crippen LogP contribution in [0.1, 0.15) is 0 Å². The van der Waals surface area contributed by atoms with E-state index in [4.69, 9.17) is 12.2 Å². The molecule has 1 aromatic heterocycles. The van der Waals surface area contributed by atoms with E-state index in [1.165, 1.54) is 0 Å². The van der Waals surface area contributed by atoms with E-state index in [0.717, 1.165) is 16.9 Å². The molecule has 3 aromatic rings. The third-order valence-corrected chi connectivity index (χ3v) is 4.04. The van der Waals surface area contributed by atoms with Gasteiger partial charge in [0.15, 0.2) is 5.11 Å². The van der Waals surface area contributed by atoms with Crippen molar-refractivity contribution in [2.45, 2.75) is 0 Å². The van der Waals surface area contributed by atoms with Crippen LogP contribution in [0.15, 0.2) is 65.5 Å². The molecule has 24 heavy (non-hydrogen) atoms. The molecule has 0 fully saturated rings. The van der Waals surface area contributed by atoms with Crippen molar-refractivity contribution in [2.75, 3.05) is 10.6 Å². The molecule has 2 N–H and O–H groups in total. The number of anilines is 2. The van der Waals surface area contributed by atoms with Gasteiger partial charge in [0.25, 0.3) is 5.56 Å². The summed E-state index contributed by atoms with van der Waals surface area (Å²) < 4.78 is 3.36. The van der Waals surface area contributed by atoms with Gasteiger partial charge in [-0.05, 0) is 24.4 Å². The Labute approximate surface area is 145 Å². The summed E-state index contributed by atoms with van der Waals surface area (Å²) in [6, 6.07) is 19.4. The number of aromatic nitrogens is 2. The van der Waals surface area contributed by atoms with Gasteiger partial charge >= 0.3 is 0 Å². The van der Waals surface area contributed by atoms with Gasteiger partial charge in [0.05, 0.1) is 5.69 Å². The molecule has 2 aromatic carbocycles. The first-order valence-corrected chi connectivity index (χ1v) is 7.93. The van der Waals surface area contributed by atoms with E-state index < -0.39 is 0 Å². The number of hydrogen-bond donors (Lipinski definition) is 2. The number of nitrogens with zero attached hydrogens (tertiary/aromatic N) is 2. The fourth-order valence-corrected chi connectivity index (χ4v) is 2.77. The Kier molecular flexibility index (Phi) is 4.48. The molecule has 0 amide bonds. The molecule has 0 aliphatic rings. The van der Waals surface area contributed by atoms with Crippen LogP contribution in [0.25, 0.3) is 11.3 Å². The zero-order valence-electron chi connectivity index (χ0n) is 13.5. The van der Waals surface area contributed by atoms with Crippen LogP contribution in [0.3, 0.4) is 0 Å². The largest absolute Gasteiger partial charge is 0.332 e. The van der Waals surface area contributed by atoms with Crippen LogP contribution in [-0.4, -0.2) is 14.5 Å². The van der Waals surface area contributed by atoms with Crippen LogP contribution in [0, 0.1) is 0 Å². The number of hydrogen-bond acceptors (Lipinski definition) is 2. The minimum absolute atomic E-state index is 0.131. The summed E-state index contributed by atoms with van der Waals surface area (Å²) in [6.45, 7) is 0. The molecular formula is C18H18N4OS. The van der Waals surface area contributed by atoms with Gasteiger partial charge in [-0.15, -0.1) is 0 Å². The molecule has 0 spiro atoms. The quantitative estimate of drug-likeness (QED) is 0.720. The lowest BCUT2D eigenvalue weighted by molar-refractivity contribution is 0.584. The lowest BCUT2D eigenvalue weighted by Gasteiger charge is -2.11. The zero-order chi connectivity index (χ0) is 17.1. The van der Waals surface area contributed by atoms with Crippen molar-refractivity contribution >= 4 is 28.7 Å². The SMILES string of the molecule is Cn1c(-c2ccccc2)c(NC(=S)Nc2ccccc2)c(=O)n1C. The highest BCUT2D eigenvalue weighted by atomic mass is 32.1. The van der Waals surface area contributed by atoms with Gasteiger partial charge in [-0.25, -0.2) is 0 Å². The normalized spacial score (nSPS) is 10.4. The molecule has 0 aliphatic carbocycles. The second-order valence-electron chi connectivity index (χ2n) is 5.39. The average Bonchev–Trinajstić information content (AvgIpc) is 2.80. The monoisotopic (exact) mass is 338 g/mol. The predicted molar refractivity (Wildman–Crippen MR) is 102 cm³/mol. The van der Waals surface area contributed by atoms with Crippen molar-refractivity contribution in [1.82, 2.24) is 9.36 Å². The number of thiocarbonyl (C=S) groups is 1. The van der Waals surface area contributed by atoms with Crippen LogP contribution in [0.2, 0.25) is 0 Å². The maximum Gasteiger partial charge on any atom is 0.290 e. The van der Waals surface area contributed by atoms with Gasteiger partial charge in [0.1, 0.15) is 5.69 Å². The van der Waals surface area contributed by atoms with Crippen LogP contribution >= 0.6 is 12.2 Å². The van der Waals surface area contributed by atoms with Crippen molar-refractivity contribution in [3.63, 3.8) is 0 Å². The van der Waals surface area contributed by atoms with E-state index in [0.29, 0.717) is 10.8 Å². The predicted octanol–water partition coefficient (Wildman–Crippen LogP) is 3.20. The highest BCUT2D eigenvalue weighted by Crippen LogP contribution is 2.25. The topological polar surface area (TPSA) is 51.0 Å². The lowest BCUT2D eigenvalue weighted by atomic mass is 10.1. The van der Waals surface area contributed by atoms with E-state index in [1.54, 1.807) is 11.7 Å². The average molecular weight is 338 g/mol. The van der Waals surface area contributed by atoms with Crippen molar-refractivity contribution in [3.05, 3.63) is 71.0 Å². The molecule has 0 atom stereocenters. The molecule has 0 aliphatic heterocycles.